The number of nitrogens with one attached hydrogen (secondary N) is 1. The maximum Gasteiger partial charge on any atom is 0.310 e. The highest BCUT2D eigenvalue weighted by Gasteiger charge is 2.54. The van der Waals surface area contributed by atoms with Crippen LogP contribution in [0.5, 0.6) is 0 Å². The van der Waals surface area contributed by atoms with Gasteiger partial charge in [-0.2, -0.15) is 0 Å². The summed E-state index contributed by atoms with van der Waals surface area (Å²) in [7, 11) is 0. The minimum Gasteiger partial charge on any atom is -0.462 e. The van der Waals surface area contributed by atoms with Crippen molar-refractivity contribution in [3.8, 4) is 0 Å². The smallest absolute Gasteiger partial charge is 0.310 e. The average Bonchev–Trinajstić information content (AvgIpc) is 2.87. The number of rotatable bonds is 7. The van der Waals surface area contributed by atoms with Crippen LogP contribution in [-0.2, 0) is 9.53 Å². The fourth-order valence-corrected chi connectivity index (χ4v) is 5.52. The van der Waals surface area contributed by atoms with Crippen molar-refractivity contribution >= 4 is 5.97 Å². The van der Waals surface area contributed by atoms with E-state index in [0.29, 0.717) is 17.3 Å². The summed E-state index contributed by atoms with van der Waals surface area (Å²) in [5.74, 6) is 1.01. The molecule has 1 aliphatic heterocycles. The molecule has 0 amide bonds. The van der Waals surface area contributed by atoms with Gasteiger partial charge in [0.1, 0.15) is 6.10 Å². The van der Waals surface area contributed by atoms with Crippen molar-refractivity contribution in [2.75, 3.05) is 32.7 Å². The molecule has 2 aliphatic carbocycles. The molecule has 3 aliphatic rings. The summed E-state index contributed by atoms with van der Waals surface area (Å²) in [4.78, 5) is 14.9. The van der Waals surface area contributed by atoms with Crippen LogP contribution in [0.15, 0.2) is 12.2 Å². The van der Waals surface area contributed by atoms with Crippen LogP contribution in [0.1, 0.15) is 52.9 Å². The van der Waals surface area contributed by atoms with Crippen molar-refractivity contribution in [2.24, 2.45) is 23.2 Å². The molecule has 0 unspecified atom stereocenters. The number of carbonyl (C=O) groups is 1. The van der Waals surface area contributed by atoms with Gasteiger partial charge in [-0.15, -0.1) is 0 Å². The Morgan fingerprint density at radius 2 is 2.12 bits per heavy atom. The third-order valence-electron chi connectivity index (χ3n) is 7.18. The molecule has 142 valence electrons. The maximum absolute atomic E-state index is 12.5. The number of ether oxygens (including phenoxy) is 1. The zero-order chi connectivity index (χ0) is 18.0. The lowest BCUT2D eigenvalue weighted by Crippen LogP contribution is -2.45. The SMILES string of the molecule is C=C1CCC[C@]2(C)C[C@H]3OC(=O)[C@@H](CNCCN(CC)CC)[C@H]3C[C@H]12. The third-order valence-corrected chi connectivity index (χ3v) is 7.18. The molecule has 1 N–H and O–H groups in total. The number of fused-ring (bicyclic) bond motifs is 2. The van der Waals surface area contributed by atoms with Gasteiger partial charge >= 0.3 is 5.97 Å². The first-order valence-corrected chi connectivity index (χ1v) is 10.3. The van der Waals surface area contributed by atoms with Gasteiger partial charge in [-0.05, 0) is 56.5 Å². The summed E-state index contributed by atoms with van der Waals surface area (Å²) >= 11 is 0. The summed E-state index contributed by atoms with van der Waals surface area (Å²) in [5.41, 5.74) is 1.71. The second-order valence-electron chi connectivity index (χ2n) is 8.63. The Hall–Kier alpha value is -0.870. The Morgan fingerprint density at radius 1 is 1.36 bits per heavy atom. The Morgan fingerprint density at radius 3 is 2.84 bits per heavy atom. The third kappa shape index (κ3) is 3.80. The number of esters is 1. The van der Waals surface area contributed by atoms with E-state index in [0.717, 1.165) is 45.6 Å². The van der Waals surface area contributed by atoms with Gasteiger partial charge in [0, 0.05) is 25.6 Å². The molecule has 0 aromatic rings. The molecule has 25 heavy (non-hydrogen) atoms. The molecule has 0 aromatic carbocycles. The van der Waals surface area contributed by atoms with Gasteiger partial charge in [0.05, 0.1) is 5.92 Å². The lowest BCUT2D eigenvalue weighted by molar-refractivity contribution is -0.146. The van der Waals surface area contributed by atoms with E-state index in [1.54, 1.807) is 0 Å². The van der Waals surface area contributed by atoms with Crippen LogP contribution in [0.2, 0.25) is 0 Å². The molecular weight excluding hydrogens is 312 g/mol. The largest absolute Gasteiger partial charge is 0.462 e. The standard InChI is InChI=1S/C21H36N2O2/c1-5-23(6-2)11-10-22-14-17-16-12-18-15(3)8-7-9-21(18,4)13-19(16)25-20(17)24/h16-19,22H,3,5-14H2,1-2,4H3/t16-,17+,18-,19-,21-/m1/s1. The molecule has 0 radical (unpaired) electrons. The number of likely N-dealkylation sites (N-methyl/N-ethyl adjacent to an activating group) is 1. The Balaban J connectivity index is 1.57. The molecule has 1 heterocycles. The average molecular weight is 349 g/mol. The molecule has 3 rings (SSSR count). The molecule has 4 heteroatoms. The minimum absolute atomic E-state index is 0.0261. The maximum atomic E-state index is 12.5. The first kappa shape index (κ1) is 18.9. The van der Waals surface area contributed by atoms with Crippen LogP contribution in [0.3, 0.4) is 0 Å². The zero-order valence-electron chi connectivity index (χ0n) is 16.4. The van der Waals surface area contributed by atoms with Crippen LogP contribution in [0, 0.1) is 23.2 Å². The van der Waals surface area contributed by atoms with Gasteiger partial charge in [0.2, 0.25) is 0 Å². The molecule has 1 saturated heterocycles. The fraction of sp³-hybridized carbons (Fsp3) is 0.857. The number of carbonyl (C=O) groups excluding carboxylic acids is 1. The van der Waals surface area contributed by atoms with E-state index < -0.39 is 0 Å². The summed E-state index contributed by atoms with van der Waals surface area (Å²) in [5, 5.41) is 3.52. The lowest BCUT2D eigenvalue weighted by Gasteiger charge is -2.50. The van der Waals surface area contributed by atoms with Crippen LogP contribution >= 0.6 is 0 Å². The second-order valence-corrected chi connectivity index (χ2v) is 8.63. The highest BCUT2D eigenvalue weighted by Crippen LogP contribution is 2.56. The van der Waals surface area contributed by atoms with E-state index in [-0.39, 0.29) is 18.0 Å². The molecular formula is C21H36N2O2. The molecule has 3 fully saturated rings. The summed E-state index contributed by atoms with van der Waals surface area (Å²) in [6.45, 7) is 16.0. The normalized spacial score (nSPS) is 37.8. The molecule has 5 atom stereocenters. The minimum atomic E-state index is 0.0261. The molecule has 2 saturated carbocycles. The van der Waals surface area contributed by atoms with E-state index in [4.69, 9.17) is 4.74 Å². The van der Waals surface area contributed by atoms with Crippen molar-refractivity contribution in [1.29, 1.82) is 0 Å². The fourth-order valence-electron chi connectivity index (χ4n) is 5.52. The van der Waals surface area contributed by atoms with Crippen molar-refractivity contribution in [3.05, 3.63) is 12.2 Å². The van der Waals surface area contributed by atoms with E-state index >= 15 is 0 Å². The summed E-state index contributed by atoms with van der Waals surface area (Å²) in [6, 6.07) is 0. The van der Waals surface area contributed by atoms with Gasteiger partial charge in [-0.3, -0.25) is 4.79 Å². The van der Waals surface area contributed by atoms with Crippen molar-refractivity contribution in [3.63, 3.8) is 0 Å². The van der Waals surface area contributed by atoms with Crippen LogP contribution in [0.4, 0.5) is 0 Å². The first-order chi connectivity index (χ1) is 12.0. The quantitative estimate of drug-likeness (QED) is 0.436. The highest BCUT2D eigenvalue weighted by atomic mass is 16.6. The predicted octanol–water partition coefficient (Wildman–Crippen LogP) is 3.23. The summed E-state index contributed by atoms with van der Waals surface area (Å²) < 4.78 is 5.83. The number of nitrogens with zero attached hydrogens (tertiary/aromatic N) is 1. The molecule has 0 aromatic heterocycles. The monoisotopic (exact) mass is 348 g/mol. The van der Waals surface area contributed by atoms with Crippen LogP contribution in [0.25, 0.3) is 0 Å². The molecule has 0 bridgehead atoms. The Bertz CT molecular complexity index is 502. The molecule has 0 spiro atoms. The van der Waals surface area contributed by atoms with Crippen molar-refractivity contribution in [2.45, 2.75) is 59.0 Å². The van der Waals surface area contributed by atoms with Gasteiger partial charge in [-0.1, -0.05) is 32.9 Å². The first-order valence-electron chi connectivity index (χ1n) is 10.3. The van der Waals surface area contributed by atoms with E-state index in [9.17, 15) is 4.79 Å². The molecule has 4 nitrogen and oxygen atoms in total. The van der Waals surface area contributed by atoms with Gasteiger partial charge < -0.3 is 15.0 Å². The second kappa shape index (κ2) is 7.79. The highest BCUT2D eigenvalue weighted by molar-refractivity contribution is 5.75. The number of hydrogen-bond donors (Lipinski definition) is 1. The predicted molar refractivity (Wildman–Crippen MR) is 101 cm³/mol. The number of allylic oxidation sites excluding steroid dienone is 1. The van der Waals surface area contributed by atoms with Gasteiger partial charge in [0.25, 0.3) is 0 Å². The van der Waals surface area contributed by atoms with Crippen LogP contribution in [-0.4, -0.2) is 49.7 Å². The Labute approximate surface area is 153 Å². The van der Waals surface area contributed by atoms with Crippen molar-refractivity contribution in [1.82, 2.24) is 10.2 Å². The van der Waals surface area contributed by atoms with E-state index in [1.807, 2.05) is 0 Å². The van der Waals surface area contributed by atoms with Crippen LogP contribution < -0.4 is 5.32 Å². The van der Waals surface area contributed by atoms with Gasteiger partial charge in [-0.25, -0.2) is 0 Å². The Kier molecular flexibility index (Phi) is 5.89. The van der Waals surface area contributed by atoms with E-state index in [2.05, 4.69) is 37.6 Å². The van der Waals surface area contributed by atoms with Gasteiger partial charge in [0.15, 0.2) is 0 Å². The topological polar surface area (TPSA) is 41.6 Å². The zero-order valence-corrected chi connectivity index (χ0v) is 16.4. The number of hydrogen-bond acceptors (Lipinski definition) is 4. The summed E-state index contributed by atoms with van der Waals surface area (Å²) in [6.07, 6.45) is 5.92. The van der Waals surface area contributed by atoms with E-state index in [1.165, 1.54) is 24.8 Å². The lowest BCUT2D eigenvalue weighted by atomic mass is 9.55. The van der Waals surface area contributed by atoms with Crippen molar-refractivity contribution < 1.29 is 9.53 Å².